The highest BCUT2D eigenvalue weighted by atomic mass is 32.2. The Bertz CT molecular complexity index is 750. The van der Waals surface area contributed by atoms with Gasteiger partial charge >= 0.3 is 0 Å². The van der Waals surface area contributed by atoms with Crippen LogP contribution in [-0.2, 0) is 16.1 Å². The standard InChI is InChI=1S/C21H27NOS/c1-18-11-13-19(14-12-18)15-16-20-8-6-7-17-22(20)24(2,23)21-9-4-3-5-10-21/h3-5,9-14,20H,2,6-8,15-17H2,1H3. The van der Waals surface area contributed by atoms with Gasteiger partial charge in [-0.2, -0.15) is 0 Å². The normalized spacial score (nSPS) is 21.3. The second-order valence-electron chi connectivity index (χ2n) is 6.77. The summed E-state index contributed by atoms with van der Waals surface area (Å²) in [6.45, 7) is 3.00. The Morgan fingerprint density at radius 1 is 1.08 bits per heavy atom. The van der Waals surface area contributed by atoms with E-state index in [1.54, 1.807) is 0 Å². The highest BCUT2D eigenvalue weighted by Crippen LogP contribution is 2.28. The zero-order chi connectivity index (χ0) is 17.0. The van der Waals surface area contributed by atoms with Gasteiger partial charge < -0.3 is 0 Å². The lowest BCUT2D eigenvalue weighted by molar-refractivity contribution is 0.251. The van der Waals surface area contributed by atoms with Crippen LogP contribution in [0.4, 0.5) is 0 Å². The van der Waals surface area contributed by atoms with E-state index >= 15 is 0 Å². The van der Waals surface area contributed by atoms with E-state index in [9.17, 15) is 4.21 Å². The van der Waals surface area contributed by atoms with E-state index in [0.717, 1.165) is 37.1 Å². The predicted molar refractivity (Wildman–Crippen MR) is 104 cm³/mol. The molecular formula is C21H27NOS. The van der Waals surface area contributed by atoms with Crippen LogP contribution < -0.4 is 0 Å². The molecule has 0 aliphatic carbocycles. The van der Waals surface area contributed by atoms with Crippen LogP contribution in [0.25, 0.3) is 0 Å². The van der Waals surface area contributed by atoms with Crippen molar-refractivity contribution >= 4 is 15.6 Å². The van der Waals surface area contributed by atoms with Crippen molar-refractivity contribution in [1.82, 2.24) is 4.31 Å². The lowest BCUT2D eigenvalue weighted by Crippen LogP contribution is -2.43. The minimum Gasteiger partial charge on any atom is -0.248 e. The summed E-state index contributed by atoms with van der Waals surface area (Å²) in [5.41, 5.74) is 2.66. The molecule has 3 rings (SSSR count). The molecule has 0 spiro atoms. The zero-order valence-corrected chi connectivity index (χ0v) is 15.3. The summed E-state index contributed by atoms with van der Waals surface area (Å²) in [5.74, 6) is 4.13. The van der Waals surface area contributed by atoms with Gasteiger partial charge in [-0.05, 0) is 56.2 Å². The fourth-order valence-electron chi connectivity index (χ4n) is 3.51. The molecule has 0 N–H and O–H groups in total. The van der Waals surface area contributed by atoms with Crippen LogP contribution in [0.1, 0.15) is 36.8 Å². The molecule has 24 heavy (non-hydrogen) atoms. The van der Waals surface area contributed by atoms with Crippen molar-refractivity contribution in [3.8, 4) is 0 Å². The van der Waals surface area contributed by atoms with Crippen molar-refractivity contribution in [2.45, 2.75) is 50.0 Å². The molecule has 2 atom stereocenters. The number of hydrogen-bond acceptors (Lipinski definition) is 1. The third-order valence-corrected chi connectivity index (χ3v) is 7.20. The summed E-state index contributed by atoms with van der Waals surface area (Å²) in [5, 5.41) is 0. The molecule has 2 aromatic carbocycles. The van der Waals surface area contributed by atoms with E-state index in [4.69, 9.17) is 0 Å². The van der Waals surface area contributed by atoms with Crippen LogP contribution in [0.3, 0.4) is 0 Å². The summed E-state index contributed by atoms with van der Waals surface area (Å²) < 4.78 is 15.6. The molecule has 2 aromatic rings. The highest BCUT2D eigenvalue weighted by molar-refractivity contribution is 7.98. The van der Waals surface area contributed by atoms with Crippen LogP contribution in [-0.4, -0.2) is 27.0 Å². The van der Waals surface area contributed by atoms with E-state index in [2.05, 4.69) is 41.4 Å². The average molecular weight is 342 g/mol. The molecule has 0 aromatic heterocycles. The van der Waals surface area contributed by atoms with E-state index in [1.165, 1.54) is 17.5 Å². The maximum absolute atomic E-state index is 13.4. The number of aryl methyl sites for hydroxylation is 2. The second-order valence-corrected chi connectivity index (χ2v) is 8.99. The molecule has 1 aliphatic rings. The van der Waals surface area contributed by atoms with E-state index in [-0.39, 0.29) is 0 Å². The third-order valence-electron chi connectivity index (χ3n) is 4.95. The minimum atomic E-state index is -2.39. The third kappa shape index (κ3) is 3.90. The van der Waals surface area contributed by atoms with Crippen molar-refractivity contribution in [3.05, 3.63) is 65.7 Å². The molecule has 1 heterocycles. The number of nitrogens with zero attached hydrogens (tertiary/aromatic N) is 1. The minimum absolute atomic E-state index is 0.352. The molecule has 1 saturated heterocycles. The first-order chi connectivity index (χ1) is 11.6. The van der Waals surface area contributed by atoms with Crippen molar-refractivity contribution < 1.29 is 4.21 Å². The SMILES string of the molecule is C=S(=O)(c1ccccc1)N1CCCCC1CCc1ccc(C)cc1. The van der Waals surface area contributed by atoms with Crippen molar-refractivity contribution in [3.63, 3.8) is 0 Å². The maximum atomic E-state index is 13.4. The van der Waals surface area contributed by atoms with Gasteiger partial charge in [0.05, 0.1) is 9.71 Å². The predicted octanol–water partition coefficient (Wildman–Crippen LogP) is 4.47. The molecule has 0 bridgehead atoms. The molecule has 3 heteroatoms. The monoisotopic (exact) mass is 341 g/mol. The van der Waals surface area contributed by atoms with Gasteiger partial charge in [0.25, 0.3) is 0 Å². The smallest absolute Gasteiger partial charge is 0.0561 e. The maximum Gasteiger partial charge on any atom is 0.0561 e. The Balaban J connectivity index is 1.75. The molecule has 0 saturated carbocycles. The Labute approximate surface area is 146 Å². The Morgan fingerprint density at radius 2 is 1.79 bits per heavy atom. The van der Waals surface area contributed by atoms with Gasteiger partial charge in [0.2, 0.25) is 0 Å². The van der Waals surface area contributed by atoms with Gasteiger partial charge in [-0.25, -0.2) is 8.51 Å². The van der Waals surface area contributed by atoms with Gasteiger partial charge in [-0.15, -0.1) is 0 Å². The van der Waals surface area contributed by atoms with Gasteiger partial charge in [-0.3, -0.25) is 0 Å². The molecule has 0 radical (unpaired) electrons. The molecule has 0 amide bonds. The molecular weight excluding hydrogens is 314 g/mol. The summed E-state index contributed by atoms with van der Waals surface area (Å²) in [6.07, 6.45) is 5.53. The molecule has 128 valence electrons. The van der Waals surface area contributed by atoms with Crippen LogP contribution in [0.5, 0.6) is 0 Å². The second kappa shape index (κ2) is 7.54. The van der Waals surface area contributed by atoms with Crippen molar-refractivity contribution in [2.24, 2.45) is 0 Å². The van der Waals surface area contributed by atoms with Gasteiger partial charge in [0.1, 0.15) is 0 Å². The molecule has 1 aliphatic heterocycles. The van der Waals surface area contributed by atoms with Gasteiger partial charge in [-0.1, -0.05) is 54.4 Å². The first-order valence-electron chi connectivity index (χ1n) is 8.82. The highest BCUT2D eigenvalue weighted by Gasteiger charge is 2.29. The lowest BCUT2D eigenvalue weighted by atomic mass is 9.97. The summed E-state index contributed by atoms with van der Waals surface area (Å²) in [7, 11) is -2.39. The van der Waals surface area contributed by atoms with Crippen LogP contribution >= 0.6 is 0 Å². The van der Waals surface area contributed by atoms with Crippen molar-refractivity contribution in [2.75, 3.05) is 6.54 Å². The fraction of sp³-hybridized carbons (Fsp3) is 0.381. The van der Waals surface area contributed by atoms with E-state index < -0.39 is 9.71 Å². The molecule has 2 nitrogen and oxygen atoms in total. The molecule has 1 fully saturated rings. The lowest BCUT2D eigenvalue weighted by Gasteiger charge is -2.37. The Kier molecular flexibility index (Phi) is 5.42. The summed E-state index contributed by atoms with van der Waals surface area (Å²) in [4.78, 5) is 0.854. The Hall–Kier alpha value is -1.58. The van der Waals surface area contributed by atoms with E-state index in [1.807, 2.05) is 30.3 Å². The number of benzene rings is 2. The fourth-order valence-corrected chi connectivity index (χ4v) is 5.48. The molecule has 2 unspecified atom stereocenters. The van der Waals surface area contributed by atoms with Crippen molar-refractivity contribution in [1.29, 1.82) is 0 Å². The number of hydrogen-bond donors (Lipinski definition) is 0. The topological polar surface area (TPSA) is 20.3 Å². The average Bonchev–Trinajstić information content (AvgIpc) is 2.62. The van der Waals surface area contributed by atoms with Gasteiger partial charge in [0, 0.05) is 17.5 Å². The summed E-state index contributed by atoms with van der Waals surface area (Å²) >= 11 is 0. The summed E-state index contributed by atoms with van der Waals surface area (Å²) in [6, 6.07) is 18.9. The first-order valence-corrected chi connectivity index (χ1v) is 10.5. The van der Waals surface area contributed by atoms with Crippen LogP contribution in [0, 0.1) is 6.92 Å². The zero-order valence-electron chi connectivity index (χ0n) is 14.5. The number of rotatable bonds is 5. The largest absolute Gasteiger partial charge is 0.248 e. The van der Waals surface area contributed by atoms with Crippen LogP contribution in [0.2, 0.25) is 0 Å². The van der Waals surface area contributed by atoms with Crippen LogP contribution in [0.15, 0.2) is 59.5 Å². The number of piperidine rings is 1. The Morgan fingerprint density at radius 3 is 2.50 bits per heavy atom. The van der Waals surface area contributed by atoms with Gasteiger partial charge in [0.15, 0.2) is 0 Å². The van der Waals surface area contributed by atoms with E-state index in [0.29, 0.717) is 6.04 Å². The quantitative estimate of drug-likeness (QED) is 0.735. The first kappa shape index (κ1) is 17.2.